The molecule has 8 nitrogen and oxygen atoms in total. The van der Waals surface area contributed by atoms with Crippen molar-refractivity contribution < 1.29 is 19.1 Å². The Morgan fingerprint density at radius 1 is 1.31 bits per heavy atom. The van der Waals surface area contributed by atoms with E-state index in [1.54, 1.807) is 11.0 Å². The minimum atomic E-state index is -0.575. The molecule has 0 radical (unpaired) electrons. The zero-order chi connectivity index (χ0) is 19.1. The molecule has 0 aliphatic heterocycles. The zero-order valence-corrected chi connectivity index (χ0v) is 15.8. The van der Waals surface area contributed by atoms with Gasteiger partial charge in [0.2, 0.25) is 0 Å². The molecule has 1 amide bonds. The van der Waals surface area contributed by atoms with Gasteiger partial charge in [0.05, 0.1) is 7.11 Å². The number of hydrogen-bond donors (Lipinski definition) is 0. The minimum Gasteiger partial charge on any atom is -0.464 e. The van der Waals surface area contributed by atoms with E-state index in [9.17, 15) is 9.59 Å². The number of nitrogens with zero attached hydrogens (tertiary/aromatic N) is 4. The first-order valence-electron chi connectivity index (χ1n) is 8.54. The second-order valence-corrected chi connectivity index (χ2v) is 7.83. The van der Waals surface area contributed by atoms with E-state index >= 15 is 0 Å². The lowest BCUT2D eigenvalue weighted by Gasteiger charge is -2.32. The quantitative estimate of drug-likeness (QED) is 0.779. The van der Waals surface area contributed by atoms with Crippen LogP contribution in [0.3, 0.4) is 0 Å². The SMILES string of the molecule is COC(=O)c1cc(CN(C(=O)OC(C)(C)C)C2(C)CC2)cc2ncnn12. The van der Waals surface area contributed by atoms with Crippen molar-refractivity contribution in [3.8, 4) is 0 Å². The maximum absolute atomic E-state index is 12.7. The third-order valence-electron chi connectivity index (χ3n) is 4.41. The lowest BCUT2D eigenvalue weighted by Crippen LogP contribution is -2.43. The van der Waals surface area contributed by atoms with Gasteiger partial charge in [0, 0.05) is 12.1 Å². The summed E-state index contributed by atoms with van der Waals surface area (Å²) < 4.78 is 11.8. The van der Waals surface area contributed by atoms with Gasteiger partial charge in [-0.25, -0.2) is 19.1 Å². The average molecular weight is 360 g/mol. The monoisotopic (exact) mass is 360 g/mol. The highest BCUT2D eigenvalue weighted by atomic mass is 16.6. The van der Waals surface area contributed by atoms with Gasteiger partial charge in [-0.1, -0.05) is 0 Å². The molecule has 140 valence electrons. The number of rotatable bonds is 4. The molecule has 0 bridgehead atoms. The van der Waals surface area contributed by atoms with E-state index in [2.05, 4.69) is 10.1 Å². The zero-order valence-electron chi connectivity index (χ0n) is 15.8. The molecule has 0 spiro atoms. The van der Waals surface area contributed by atoms with Crippen LogP contribution < -0.4 is 0 Å². The molecule has 1 aliphatic rings. The van der Waals surface area contributed by atoms with E-state index in [1.807, 2.05) is 33.8 Å². The van der Waals surface area contributed by atoms with Crippen molar-refractivity contribution in [2.24, 2.45) is 0 Å². The lowest BCUT2D eigenvalue weighted by molar-refractivity contribution is 0.0126. The number of pyridine rings is 1. The first kappa shape index (κ1) is 18.2. The summed E-state index contributed by atoms with van der Waals surface area (Å²) in [5, 5.41) is 4.05. The van der Waals surface area contributed by atoms with Crippen LogP contribution in [-0.2, 0) is 16.0 Å². The van der Waals surface area contributed by atoms with Crippen molar-refractivity contribution >= 4 is 17.7 Å². The van der Waals surface area contributed by atoms with E-state index in [0.29, 0.717) is 12.2 Å². The number of aromatic nitrogens is 3. The summed E-state index contributed by atoms with van der Waals surface area (Å²) >= 11 is 0. The molecule has 1 aliphatic carbocycles. The second-order valence-electron chi connectivity index (χ2n) is 7.83. The van der Waals surface area contributed by atoms with Crippen LogP contribution in [0, 0.1) is 0 Å². The highest BCUT2D eigenvalue weighted by molar-refractivity contribution is 5.88. The second kappa shape index (κ2) is 6.26. The number of carbonyl (C=O) groups excluding carboxylic acids is 2. The molecule has 26 heavy (non-hydrogen) atoms. The molecular weight excluding hydrogens is 336 g/mol. The summed E-state index contributed by atoms with van der Waals surface area (Å²) in [5.74, 6) is -0.510. The van der Waals surface area contributed by atoms with Crippen LogP contribution in [0.4, 0.5) is 4.79 Å². The minimum absolute atomic E-state index is 0.229. The predicted octanol–water partition coefficient (Wildman–Crippen LogP) is 2.81. The Labute approximate surface area is 152 Å². The first-order valence-corrected chi connectivity index (χ1v) is 8.54. The summed E-state index contributed by atoms with van der Waals surface area (Å²) in [4.78, 5) is 30.7. The molecule has 0 unspecified atom stereocenters. The molecule has 0 aromatic carbocycles. The van der Waals surface area contributed by atoms with Gasteiger partial charge >= 0.3 is 12.1 Å². The summed E-state index contributed by atoms with van der Waals surface area (Å²) in [5.41, 5.74) is 0.753. The van der Waals surface area contributed by atoms with Crippen LogP contribution in [0.25, 0.3) is 5.65 Å². The third-order valence-corrected chi connectivity index (χ3v) is 4.41. The van der Waals surface area contributed by atoms with E-state index in [4.69, 9.17) is 9.47 Å². The number of ether oxygens (including phenoxy) is 2. The topological polar surface area (TPSA) is 86.0 Å². The van der Waals surface area contributed by atoms with Gasteiger partial charge in [0.1, 0.15) is 11.9 Å². The van der Waals surface area contributed by atoms with E-state index in [1.165, 1.54) is 18.0 Å². The van der Waals surface area contributed by atoms with Gasteiger partial charge in [-0.3, -0.25) is 4.90 Å². The fourth-order valence-electron chi connectivity index (χ4n) is 2.75. The van der Waals surface area contributed by atoms with Crippen molar-refractivity contribution in [3.05, 3.63) is 29.7 Å². The van der Waals surface area contributed by atoms with Crippen molar-refractivity contribution in [2.75, 3.05) is 7.11 Å². The standard InChI is InChI=1S/C18H24N4O4/c1-17(2,3)26-16(24)21(18(4)6-7-18)10-12-8-13(15(23)25-5)22-14(9-12)19-11-20-22/h8-9,11H,6-7,10H2,1-5H3. The summed E-state index contributed by atoms with van der Waals surface area (Å²) in [7, 11) is 1.32. The fraction of sp³-hybridized carbons (Fsp3) is 0.556. The van der Waals surface area contributed by atoms with E-state index < -0.39 is 11.6 Å². The molecule has 3 rings (SSSR count). The van der Waals surface area contributed by atoms with Crippen LogP contribution in [0.1, 0.15) is 56.6 Å². The van der Waals surface area contributed by atoms with Gasteiger partial charge in [-0.15, -0.1) is 0 Å². The normalized spacial score (nSPS) is 15.6. The Morgan fingerprint density at radius 2 is 2.00 bits per heavy atom. The van der Waals surface area contributed by atoms with Gasteiger partial charge < -0.3 is 9.47 Å². The first-order chi connectivity index (χ1) is 12.1. The average Bonchev–Trinajstić information content (AvgIpc) is 3.11. The summed E-state index contributed by atoms with van der Waals surface area (Å²) in [6.07, 6.45) is 2.85. The Balaban J connectivity index is 1.94. The molecule has 1 fully saturated rings. The van der Waals surface area contributed by atoms with Crippen LogP contribution >= 0.6 is 0 Å². The smallest absolute Gasteiger partial charge is 0.411 e. The number of methoxy groups -OCH3 is 1. The fourth-order valence-corrected chi connectivity index (χ4v) is 2.75. The Morgan fingerprint density at radius 3 is 2.58 bits per heavy atom. The molecular formula is C18H24N4O4. The van der Waals surface area contributed by atoms with E-state index in [-0.39, 0.29) is 17.3 Å². The summed E-state index contributed by atoms with van der Waals surface area (Å²) in [6, 6.07) is 3.49. The van der Waals surface area contributed by atoms with Crippen LogP contribution in [0.5, 0.6) is 0 Å². The van der Waals surface area contributed by atoms with Crippen molar-refractivity contribution in [1.29, 1.82) is 0 Å². The Hall–Kier alpha value is -2.64. The molecule has 0 saturated heterocycles. The maximum Gasteiger partial charge on any atom is 0.411 e. The number of fused-ring (bicyclic) bond motifs is 1. The van der Waals surface area contributed by atoms with Gasteiger partial charge in [-0.2, -0.15) is 5.10 Å². The van der Waals surface area contributed by atoms with Crippen LogP contribution in [0.2, 0.25) is 0 Å². The molecule has 0 N–H and O–H groups in total. The number of carbonyl (C=O) groups is 2. The molecule has 8 heteroatoms. The largest absolute Gasteiger partial charge is 0.464 e. The van der Waals surface area contributed by atoms with Crippen molar-refractivity contribution in [3.63, 3.8) is 0 Å². The third kappa shape index (κ3) is 3.63. The molecule has 2 aromatic rings. The number of amides is 1. The summed E-state index contributed by atoms with van der Waals surface area (Å²) in [6.45, 7) is 7.88. The van der Waals surface area contributed by atoms with Crippen molar-refractivity contribution in [2.45, 2.75) is 58.2 Å². The predicted molar refractivity (Wildman–Crippen MR) is 93.7 cm³/mol. The van der Waals surface area contributed by atoms with Crippen LogP contribution in [0.15, 0.2) is 18.5 Å². The molecule has 2 aromatic heterocycles. The van der Waals surface area contributed by atoms with Crippen LogP contribution in [-0.4, -0.2) is 49.8 Å². The maximum atomic E-state index is 12.7. The van der Waals surface area contributed by atoms with Crippen molar-refractivity contribution in [1.82, 2.24) is 19.5 Å². The lowest BCUT2D eigenvalue weighted by atomic mass is 10.1. The Bertz CT molecular complexity index is 848. The molecule has 0 atom stereocenters. The highest BCUT2D eigenvalue weighted by Crippen LogP contribution is 2.42. The van der Waals surface area contributed by atoms with Gasteiger partial charge in [0.25, 0.3) is 0 Å². The van der Waals surface area contributed by atoms with Gasteiger partial charge in [0.15, 0.2) is 11.3 Å². The number of esters is 1. The Kier molecular flexibility index (Phi) is 4.37. The number of hydrogen-bond acceptors (Lipinski definition) is 6. The molecule has 1 saturated carbocycles. The molecule has 2 heterocycles. The van der Waals surface area contributed by atoms with E-state index in [0.717, 1.165) is 18.4 Å². The highest BCUT2D eigenvalue weighted by Gasteiger charge is 2.47. The van der Waals surface area contributed by atoms with Gasteiger partial charge in [-0.05, 0) is 58.2 Å².